The zero-order valence-electron chi connectivity index (χ0n) is 14.8. The predicted octanol–water partition coefficient (Wildman–Crippen LogP) is 4.67. The summed E-state index contributed by atoms with van der Waals surface area (Å²) < 4.78 is 27.2. The summed E-state index contributed by atoms with van der Waals surface area (Å²) in [7, 11) is -3.62. The number of halogens is 2. The van der Waals surface area contributed by atoms with Gasteiger partial charge in [-0.1, -0.05) is 36.2 Å². The number of piperidine rings is 1. The number of amides is 1. The summed E-state index contributed by atoms with van der Waals surface area (Å²) in [5, 5.41) is 3.45. The van der Waals surface area contributed by atoms with Crippen molar-refractivity contribution in [2.75, 3.05) is 18.4 Å². The van der Waals surface area contributed by atoms with E-state index in [9.17, 15) is 13.2 Å². The summed E-state index contributed by atoms with van der Waals surface area (Å²) in [4.78, 5) is 12.7. The van der Waals surface area contributed by atoms with Crippen LogP contribution in [0.25, 0.3) is 0 Å². The van der Waals surface area contributed by atoms with Crippen molar-refractivity contribution in [2.45, 2.75) is 24.7 Å². The molecule has 1 N–H and O–H groups in total. The highest BCUT2D eigenvalue weighted by molar-refractivity contribution is 7.89. The third-order valence-electron chi connectivity index (χ3n) is 4.65. The van der Waals surface area contributed by atoms with Gasteiger partial charge in [0.15, 0.2) is 0 Å². The first-order valence-electron chi connectivity index (χ1n) is 8.64. The maximum atomic E-state index is 12.9. The van der Waals surface area contributed by atoms with Crippen LogP contribution in [0.2, 0.25) is 10.0 Å². The average Bonchev–Trinajstić information content (AvgIpc) is 2.65. The van der Waals surface area contributed by atoms with E-state index in [0.717, 1.165) is 12.8 Å². The van der Waals surface area contributed by atoms with E-state index in [2.05, 4.69) is 12.2 Å². The van der Waals surface area contributed by atoms with E-state index >= 15 is 0 Å². The largest absolute Gasteiger partial charge is 0.321 e. The number of benzene rings is 2. The van der Waals surface area contributed by atoms with E-state index < -0.39 is 15.9 Å². The van der Waals surface area contributed by atoms with Crippen molar-refractivity contribution in [1.29, 1.82) is 0 Å². The van der Waals surface area contributed by atoms with Crippen molar-refractivity contribution in [3.8, 4) is 0 Å². The zero-order chi connectivity index (χ0) is 19.6. The smallest absolute Gasteiger partial charge is 0.255 e. The van der Waals surface area contributed by atoms with Crippen molar-refractivity contribution >= 4 is 44.8 Å². The Morgan fingerprint density at radius 3 is 2.52 bits per heavy atom. The molecule has 0 unspecified atom stereocenters. The van der Waals surface area contributed by atoms with Crippen molar-refractivity contribution in [3.05, 3.63) is 58.1 Å². The Bertz CT molecular complexity index is 955. The second kappa shape index (κ2) is 8.19. The van der Waals surface area contributed by atoms with E-state index in [0.29, 0.717) is 34.7 Å². The Balaban J connectivity index is 1.82. The monoisotopic (exact) mass is 426 g/mol. The molecule has 3 rings (SSSR count). The second-order valence-corrected chi connectivity index (χ2v) is 9.47. The molecule has 2 aromatic carbocycles. The Morgan fingerprint density at radius 2 is 1.81 bits per heavy atom. The van der Waals surface area contributed by atoms with E-state index in [4.69, 9.17) is 23.2 Å². The molecular weight excluding hydrogens is 407 g/mol. The van der Waals surface area contributed by atoms with Crippen LogP contribution < -0.4 is 5.32 Å². The van der Waals surface area contributed by atoms with Crippen molar-refractivity contribution in [3.63, 3.8) is 0 Å². The molecule has 1 saturated heterocycles. The predicted molar refractivity (Wildman–Crippen MR) is 108 cm³/mol. The van der Waals surface area contributed by atoms with Gasteiger partial charge in [0.2, 0.25) is 10.0 Å². The first-order chi connectivity index (χ1) is 12.8. The molecule has 8 heteroatoms. The van der Waals surface area contributed by atoms with Crippen LogP contribution in [0, 0.1) is 5.92 Å². The molecule has 0 aliphatic carbocycles. The van der Waals surface area contributed by atoms with Gasteiger partial charge in [-0.15, -0.1) is 0 Å². The van der Waals surface area contributed by atoms with Crippen molar-refractivity contribution in [1.82, 2.24) is 4.31 Å². The van der Waals surface area contributed by atoms with E-state index in [-0.39, 0.29) is 10.5 Å². The van der Waals surface area contributed by atoms with E-state index in [1.807, 2.05) is 0 Å². The van der Waals surface area contributed by atoms with Crippen LogP contribution in [0.1, 0.15) is 30.1 Å². The number of anilines is 1. The summed E-state index contributed by atoms with van der Waals surface area (Å²) in [6.45, 7) is 3.12. The van der Waals surface area contributed by atoms with Gasteiger partial charge >= 0.3 is 0 Å². The lowest BCUT2D eigenvalue weighted by Crippen LogP contribution is -2.37. The minimum Gasteiger partial charge on any atom is -0.321 e. The third kappa shape index (κ3) is 4.63. The highest BCUT2D eigenvalue weighted by Gasteiger charge is 2.28. The van der Waals surface area contributed by atoms with Crippen molar-refractivity contribution < 1.29 is 13.2 Å². The van der Waals surface area contributed by atoms with Crippen LogP contribution in [0.4, 0.5) is 5.69 Å². The molecule has 1 aliphatic heterocycles. The molecule has 1 heterocycles. The molecule has 1 aliphatic rings. The molecule has 0 saturated carbocycles. The first-order valence-corrected chi connectivity index (χ1v) is 10.8. The van der Waals surface area contributed by atoms with Gasteiger partial charge in [0.1, 0.15) is 0 Å². The summed E-state index contributed by atoms with van der Waals surface area (Å²) in [6, 6.07) is 10.8. The molecule has 1 amide bonds. The molecule has 0 aromatic heterocycles. The molecule has 0 atom stereocenters. The minimum absolute atomic E-state index is 0.113. The van der Waals surface area contributed by atoms with Gasteiger partial charge in [0.25, 0.3) is 5.91 Å². The van der Waals surface area contributed by atoms with Crippen LogP contribution in [-0.2, 0) is 10.0 Å². The molecule has 0 spiro atoms. The fraction of sp³-hybridized carbons (Fsp3) is 0.316. The standard InChI is InChI=1S/C19H20Cl2N2O3S/c1-13-7-9-23(10-8-13)27(25,26)16-4-2-3-14(11-16)19(24)22-18-12-15(20)5-6-17(18)21/h2-6,11-13H,7-10H2,1H3,(H,22,24). The zero-order valence-corrected chi connectivity index (χ0v) is 17.1. The number of rotatable bonds is 4. The molecule has 27 heavy (non-hydrogen) atoms. The Hall–Kier alpha value is -1.60. The molecule has 0 bridgehead atoms. The summed E-state index contributed by atoms with van der Waals surface area (Å²) in [6.07, 6.45) is 1.68. The topological polar surface area (TPSA) is 66.5 Å². The number of sulfonamides is 1. The summed E-state index contributed by atoms with van der Waals surface area (Å²) >= 11 is 12.0. The van der Waals surface area contributed by atoms with Gasteiger partial charge in [0, 0.05) is 23.7 Å². The van der Waals surface area contributed by atoms with Crippen LogP contribution >= 0.6 is 23.2 Å². The van der Waals surface area contributed by atoms with Gasteiger partial charge in [-0.3, -0.25) is 4.79 Å². The fourth-order valence-corrected chi connectivity index (χ4v) is 4.81. The first kappa shape index (κ1) is 20.1. The van der Waals surface area contributed by atoms with Gasteiger partial charge in [-0.2, -0.15) is 4.31 Å². The summed E-state index contributed by atoms with van der Waals surface area (Å²) in [5.74, 6) is 0.0690. The van der Waals surface area contributed by atoms with Crippen LogP contribution in [0.5, 0.6) is 0 Å². The number of nitrogens with one attached hydrogen (secondary N) is 1. The van der Waals surface area contributed by atoms with E-state index in [1.165, 1.54) is 22.5 Å². The fourth-order valence-electron chi connectivity index (χ4n) is 2.96. The molecule has 1 fully saturated rings. The second-order valence-electron chi connectivity index (χ2n) is 6.69. The summed E-state index contributed by atoms with van der Waals surface area (Å²) in [5.41, 5.74) is 0.602. The van der Waals surface area contributed by atoms with Gasteiger partial charge in [-0.05, 0) is 55.2 Å². The van der Waals surface area contributed by atoms with Crippen LogP contribution in [-0.4, -0.2) is 31.7 Å². The van der Waals surface area contributed by atoms with Gasteiger partial charge < -0.3 is 5.32 Å². The van der Waals surface area contributed by atoms with Crippen LogP contribution in [0.15, 0.2) is 47.4 Å². The average molecular weight is 427 g/mol. The van der Waals surface area contributed by atoms with Gasteiger partial charge in [-0.25, -0.2) is 8.42 Å². The highest BCUT2D eigenvalue weighted by Crippen LogP contribution is 2.27. The SMILES string of the molecule is CC1CCN(S(=O)(=O)c2cccc(C(=O)Nc3cc(Cl)ccc3Cl)c2)CC1. The quantitative estimate of drug-likeness (QED) is 0.772. The highest BCUT2D eigenvalue weighted by atomic mass is 35.5. The lowest BCUT2D eigenvalue weighted by Gasteiger charge is -2.29. The number of carbonyl (C=O) groups is 1. The number of nitrogens with zero attached hydrogens (tertiary/aromatic N) is 1. The lowest BCUT2D eigenvalue weighted by molar-refractivity contribution is 0.102. The maximum Gasteiger partial charge on any atom is 0.255 e. The third-order valence-corrected chi connectivity index (χ3v) is 7.11. The minimum atomic E-state index is -3.62. The molecule has 5 nitrogen and oxygen atoms in total. The Labute approximate surface area is 169 Å². The molecule has 144 valence electrons. The normalized spacial score (nSPS) is 16.3. The van der Waals surface area contributed by atoms with Crippen LogP contribution in [0.3, 0.4) is 0 Å². The van der Waals surface area contributed by atoms with Crippen molar-refractivity contribution in [2.24, 2.45) is 5.92 Å². The Kier molecular flexibility index (Phi) is 6.11. The molecule has 0 radical (unpaired) electrons. The number of hydrogen-bond acceptors (Lipinski definition) is 3. The van der Waals surface area contributed by atoms with E-state index in [1.54, 1.807) is 24.3 Å². The number of carbonyl (C=O) groups excluding carboxylic acids is 1. The lowest BCUT2D eigenvalue weighted by atomic mass is 10.0. The van der Waals surface area contributed by atoms with Gasteiger partial charge in [0.05, 0.1) is 15.6 Å². The Morgan fingerprint density at radius 1 is 1.11 bits per heavy atom. The maximum absolute atomic E-state index is 12.9. The number of hydrogen-bond donors (Lipinski definition) is 1. The molecule has 2 aromatic rings. The molecular formula is C19H20Cl2N2O3S.